The third-order valence-electron chi connectivity index (χ3n) is 10.1. The van der Waals surface area contributed by atoms with Gasteiger partial charge in [0, 0.05) is 16.0 Å². The molecular formula is C35H32N2O5S2. The van der Waals surface area contributed by atoms with E-state index in [1.807, 2.05) is 43.3 Å². The number of hydrogen-bond acceptors (Lipinski definition) is 7. The number of carbonyl (C=O) groups is 2. The summed E-state index contributed by atoms with van der Waals surface area (Å²) in [4.78, 5) is 46.0. The molecule has 7 nitrogen and oxygen atoms in total. The zero-order valence-electron chi connectivity index (χ0n) is 24.6. The van der Waals surface area contributed by atoms with Gasteiger partial charge < -0.3 is 14.5 Å². The number of ether oxygens (including phenoxy) is 2. The number of thiazole rings is 1. The van der Waals surface area contributed by atoms with Gasteiger partial charge in [-0.15, -0.1) is 11.8 Å². The lowest BCUT2D eigenvalue weighted by molar-refractivity contribution is -0.123. The zero-order chi connectivity index (χ0) is 30.3. The van der Waals surface area contributed by atoms with E-state index in [1.165, 1.54) is 21.8 Å². The monoisotopic (exact) mass is 624 g/mol. The molecule has 2 aliphatic heterocycles. The number of thioether (sulfide) groups is 1. The number of hydrogen-bond donors (Lipinski definition) is 1. The molecule has 4 aromatic rings. The highest BCUT2D eigenvalue weighted by atomic mass is 32.2. The number of imide groups is 1. The van der Waals surface area contributed by atoms with Gasteiger partial charge in [0.05, 0.1) is 29.7 Å². The Morgan fingerprint density at radius 2 is 1.55 bits per heavy atom. The number of carbonyl (C=O) groups excluding carboxylic acids is 2. The Morgan fingerprint density at radius 3 is 2.25 bits per heavy atom. The minimum Gasteiger partial charge on any atom is -0.493 e. The lowest BCUT2D eigenvalue weighted by atomic mass is 9.68. The molecule has 2 amide bonds. The van der Waals surface area contributed by atoms with Crippen molar-refractivity contribution in [3.05, 3.63) is 104 Å². The van der Waals surface area contributed by atoms with Crippen molar-refractivity contribution < 1.29 is 19.1 Å². The smallest absolute Gasteiger partial charge is 0.305 e. The van der Waals surface area contributed by atoms with E-state index in [-0.39, 0.29) is 57.4 Å². The molecule has 4 aliphatic rings. The second-order valence-electron chi connectivity index (χ2n) is 12.5. The van der Waals surface area contributed by atoms with E-state index in [0.717, 1.165) is 33.0 Å². The first-order valence-electron chi connectivity index (χ1n) is 15.0. The predicted molar refractivity (Wildman–Crippen MR) is 171 cm³/mol. The van der Waals surface area contributed by atoms with E-state index in [9.17, 15) is 14.4 Å². The molecule has 0 unspecified atom stereocenters. The van der Waals surface area contributed by atoms with Gasteiger partial charge in [-0.3, -0.25) is 19.3 Å². The Labute approximate surface area is 263 Å². The van der Waals surface area contributed by atoms with E-state index in [0.29, 0.717) is 23.8 Å². The number of anilines is 1. The Kier molecular flexibility index (Phi) is 6.54. The van der Waals surface area contributed by atoms with Crippen LogP contribution in [0.3, 0.4) is 0 Å². The number of aryl methyl sites for hydroxylation is 2. The molecule has 1 aromatic heterocycles. The van der Waals surface area contributed by atoms with Gasteiger partial charge in [0.15, 0.2) is 11.5 Å². The van der Waals surface area contributed by atoms with Crippen molar-refractivity contribution in [1.82, 2.24) is 4.98 Å². The highest BCUT2D eigenvalue weighted by Crippen LogP contribution is 2.68. The van der Waals surface area contributed by atoms with Gasteiger partial charge in [-0.05, 0) is 73.4 Å². The van der Waals surface area contributed by atoms with Crippen LogP contribution in [0.25, 0.3) is 0 Å². The Hall–Kier alpha value is -3.82. The van der Waals surface area contributed by atoms with E-state index >= 15 is 0 Å². The van der Waals surface area contributed by atoms with Crippen LogP contribution >= 0.6 is 23.1 Å². The van der Waals surface area contributed by atoms with Crippen LogP contribution in [0.15, 0.2) is 76.6 Å². The van der Waals surface area contributed by atoms with Crippen LogP contribution in [0.2, 0.25) is 0 Å². The average molecular weight is 625 g/mol. The molecule has 8 rings (SSSR count). The van der Waals surface area contributed by atoms with Crippen molar-refractivity contribution in [3.63, 3.8) is 0 Å². The SMILES string of the molecule is COc1cc([C@@H]2c3sc(=O)[nH]c3S[C@@H]3[C@@H]4C[C@@H]([C@@H]5C(=O)N(c6ccc(C)cc6)C(=O)[C@@H]45)[C@@H]23)ccc1OCc1ccc(C)cc1. The summed E-state index contributed by atoms with van der Waals surface area (Å²) in [6.07, 6.45) is 0.849. The maximum absolute atomic E-state index is 14.0. The molecule has 2 saturated carbocycles. The summed E-state index contributed by atoms with van der Waals surface area (Å²) in [6.45, 7) is 4.48. The fraction of sp³-hybridized carbons (Fsp3) is 0.343. The number of benzene rings is 3. The molecule has 2 bridgehead atoms. The highest BCUT2D eigenvalue weighted by Gasteiger charge is 2.69. The van der Waals surface area contributed by atoms with Crippen LogP contribution in [-0.2, 0) is 16.2 Å². The number of rotatable bonds is 6. The minimum atomic E-state index is -0.339. The van der Waals surface area contributed by atoms with Crippen LogP contribution in [0, 0.1) is 43.4 Å². The third kappa shape index (κ3) is 4.19. The molecule has 3 aromatic carbocycles. The van der Waals surface area contributed by atoms with Crippen LogP contribution in [0.1, 0.15) is 39.5 Å². The maximum atomic E-state index is 14.0. The molecule has 1 N–H and O–H groups in total. The van der Waals surface area contributed by atoms with E-state index in [1.54, 1.807) is 18.9 Å². The average Bonchev–Trinajstić information content (AvgIpc) is 3.76. The van der Waals surface area contributed by atoms with E-state index in [4.69, 9.17) is 9.47 Å². The molecule has 0 spiro atoms. The summed E-state index contributed by atoms with van der Waals surface area (Å²) in [5.41, 5.74) is 5.04. The van der Waals surface area contributed by atoms with Crippen LogP contribution < -0.4 is 19.2 Å². The van der Waals surface area contributed by atoms with Crippen molar-refractivity contribution >= 4 is 40.6 Å². The number of amides is 2. The van der Waals surface area contributed by atoms with E-state index < -0.39 is 0 Å². The van der Waals surface area contributed by atoms with Crippen molar-refractivity contribution in [2.24, 2.45) is 29.6 Å². The molecule has 44 heavy (non-hydrogen) atoms. The summed E-state index contributed by atoms with van der Waals surface area (Å²) in [7, 11) is 1.64. The molecule has 1 saturated heterocycles. The summed E-state index contributed by atoms with van der Waals surface area (Å²) in [5.74, 6) is 0.621. The number of H-pyrrole nitrogens is 1. The minimum absolute atomic E-state index is 0.0493. The first kappa shape index (κ1) is 27.7. The topological polar surface area (TPSA) is 88.7 Å². The van der Waals surface area contributed by atoms with Crippen LogP contribution in [-0.4, -0.2) is 29.2 Å². The molecule has 9 heteroatoms. The van der Waals surface area contributed by atoms with E-state index in [2.05, 4.69) is 42.2 Å². The summed E-state index contributed by atoms with van der Waals surface area (Å²) >= 11 is 2.95. The fourth-order valence-corrected chi connectivity index (χ4v) is 11.1. The van der Waals surface area contributed by atoms with Crippen molar-refractivity contribution in [2.45, 2.75) is 43.1 Å². The van der Waals surface area contributed by atoms with Crippen LogP contribution in [0.5, 0.6) is 11.5 Å². The second kappa shape index (κ2) is 10.4. The van der Waals surface area contributed by atoms with Gasteiger partial charge in [0.2, 0.25) is 11.8 Å². The Bertz CT molecular complexity index is 1850. The van der Waals surface area contributed by atoms with Gasteiger partial charge in [0.25, 0.3) is 0 Å². The first-order chi connectivity index (χ1) is 21.3. The highest BCUT2D eigenvalue weighted by molar-refractivity contribution is 8.00. The summed E-state index contributed by atoms with van der Waals surface area (Å²) in [6, 6.07) is 21.9. The van der Waals surface area contributed by atoms with Gasteiger partial charge in [-0.2, -0.15) is 0 Å². The molecule has 224 valence electrons. The zero-order valence-corrected chi connectivity index (χ0v) is 26.2. The molecule has 2 aliphatic carbocycles. The lowest BCUT2D eigenvalue weighted by Gasteiger charge is -2.43. The lowest BCUT2D eigenvalue weighted by Crippen LogP contribution is -2.42. The van der Waals surface area contributed by atoms with Gasteiger partial charge in [-0.1, -0.05) is 64.9 Å². The standard InChI is InChI=1S/C35H32N2O5S2/c1-17-4-8-19(9-5-17)16-42-24-13-10-20(14-25(24)41-3)26-27-22-15-23(30(27)43-32-31(26)44-35(40)36-32)29-28(22)33(38)37(34(29)39)21-11-6-18(2)7-12-21/h4-14,22-23,26-30H,15-16H2,1-3H3,(H,36,40)/t22-,23-,26+,27+,28+,29+,30-/m1/s1. The third-order valence-corrected chi connectivity index (χ3v) is 12.7. The van der Waals surface area contributed by atoms with Crippen molar-refractivity contribution in [2.75, 3.05) is 12.0 Å². The first-order valence-corrected chi connectivity index (χ1v) is 16.7. The van der Waals surface area contributed by atoms with Gasteiger partial charge in [-0.25, -0.2) is 0 Å². The molecule has 0 radical (unpaired) electrons. The molecule has 7 atom stereocenters. The largest absolute Gasteiger partial charge is 0.493 e. The maximum Gasteiger partial charge on any atom is 0.305 e. The number of aromatic amines is 1. The van der Waals surface area contributed by atoms with Gasteiger partial charge in [0.1, 0.15) is 6.61 Å². The van der Waals surface area contributed by atoms with Gasteiger partial charge >= 0.3 is 4.87 Å². The number of aromatic nitrogens is 1. The molecule has 3 heterocycles. The normalized spacial score (nSPS) is 28.2. The molecule has 3 fully saturated rings. The quantitative estimate of drug-likeness (QED) is 0.253. The summed E-state index contributed by atoms with van der Waals surface area (Å²) in [5, 5.41) is 1.02. The number of nitrogens with one attached hydrogen (secondary N) is 1. The predicted octanol–water partition coefficient (Wildman–Crippen LogP) is 6.32. The second-order valence-corrected chi connectivity index (χ2v) is 14.7. The summed E-state index contributed by atoms with van der Waals surface area (Å²) < 4.78 is 12.0. The fourth-order valence-electron chi connectivity index (χ4n) is 8.18. The Morgan fingerprint density at radius 1 is 0.864 bits per heavy atom. The van der Waals surface area contributed by atoms with Crippen molar-refractivity contribution in [3.8, 4) is 11.5 Å². The Balaban J connectivity index is 1.14. The number of fused-ring (bicyclic) bond motifs is 9. The molecular weight excluding hydrogens is 593 g/mol. The van der Waals surface area contributed by atoms with Crippen LogP contribution in [0.4, 0.5) is 5.69 Å². The van der Waals surface area contributed by atoms with Crippen molar-refractivity contribution in [1.29, 1.82) is 0 Å². The number of methoxy groups -OCH3 is 1. The number of nitrogens with zero attached hydrogens (tertiary/aromatic N) is 1.